The zero-order valence-electron chi connectivity index (χ0n) is 35.0. The number of aromatic nitrogens is 3. The van der Waals surface area contributed by atoms with Crippen LogP contribution < -0.4 is 21.1 Å². The van der Waals surface area contributed by atoms with Crippen LogP contribution in [0.1, 0.15) is 108 Å². The molecule has 0 radical (unpaired) electrons. The highest BCUT2D eigenvalue weighted by atomic mass is 32.2. The Kier molecular flexibility index (Phi) is 16.4. The topological polar surface area (TPSA) is 147 Å². The number of halogens is 2. The highest BCUT2D eigenvalue weighted by molar-refractivity contribution is 7.82. The number of piperidine rings is 3. The van der Waals surface area contributed by atoms with Gasteiger partial charge < -0.3 is 20.1 Å². The van der Waals surface area contributed by atoms with Crippen LogP contribution >= 0.6 is 0 Å². The van der Waals surface area contributed by atoms with Crippen LogP contribution in [0.4, 0.5) is 20.4 Å². The molecule has 2 atom stereocenters. The van der Waals surface area contributed by atoms with Gasteiger partial charge in [-0.3, -0.25) is 24.6 Å². The molecule has 1 aromatic carbocycles. The van der Waals surface area contributed by atoms with E-state index in [1.165, 1.54) is 37.6 Å². The molecular formula is C43H63F2N9O4S. The molecule has 16 heteroatoms. The third-order valence-corrected chi connectivity index (χ3v) is 13.9. The van der Waals surface area contributed by atoms with Crippen molar-refractivity contribution in [3.8, 4) is 0 Å². The molecule has 2 amide bonds. The molecule has 0 spiro atoms. The lowest BCUT2D eigenvalue weighted by Crippen LogP contribution is -2.53. The van der Waals surface area contributed by atoms with Gasteiger partial charge in [-0.15, -0.1) is 0 Å². The van der Waals surface area contributed by atoms with Crippen molar-refractivity contribution >= 4 is 45.5 Å². The Hall–Kier alpha value is -3.86. The first kappa shape index (κ1) is 44.7. The van der Waals surface area contributed by atoms with E-state index in [1.54, 1.807) is 0 Å². The molecule has 4 aliphatic heterocycles. The zero-order valence-corrected chi connectivity index (χ0v) is 35.8. The Balaban J connectivity index is 0.000000663. The molecule has 6 heterocycles. The van der Waals surface area contributed by atoms with Crippen molar-refractivity contribution in [2.24, 2.45) is 5.92 Å². The lowest BCUT2D eigenvalue weighted by Gasteiger charge is -2.43. The second-order valence-electron chi connectivity index (χ2n) is 16.3. The van der Waals surface area contributed by atoms with Gasteiger partial charge in [0.15, 0.2) is 0 Å². The Morgan fingerprint density at radius 2 is 1.56 bits per heavy atom. The minimum absolute atomic E-state index is 0.0780. The van der Waals surface area contributed by atoms with Crippen molar-refractivity contribution in [3.63, 3.8) is 0 Å². The molecule has 5 aliphatic rings. The second kappa shape index (κ2) is 21.6. The van der Waals surface area contributed by atoms with Crippen LogP contribution in [0.5, 0.6) is 0 Å². The van der Waals surface area contributed by atoms with Crippen LogP contribution in [0, 0.1) is 5.92 Å². The van der Waals surface area contributed by atoms with Gasteiger partial charge in [0, 0.05) is 81.6 Å². The summed E-state index contributed by atoms with van der Waals surface area (Å²) in [6.07, 6.45) is 9.21. The number of fused-ring (bicyclic) bond motifs is 1. The fourth-order valence-corrected chi connectivity index (χ4v) is 10.2. The molecular weight excluding hydrogens is 777 g/mol. The first-order valence-electron chi connectivity index (χ1n) is 21.8. The monoisotopic (exact) mass is 839 g/mol. The van der Waals surface area contributed by atoms with E-state index in [4.69, 9.17) is 0 Å². The van der Waals surface area contributed by atoms with E-state index in [9.17, 15) is 27.4 Å². The highest BCUT2D eigenvalue weighted by Crippen LogP contribution is 2.28. The number of aromatic amines is 1. The fourth-order valence-electron chi connectivity index (χ4n) is 8.88. The molecule has 8 rings (SSSR count). The van der Waals surface area contributed by atoms with Gasteiger partial charge >= 0.3 is 0 Å². The number of benzene rings is 1. The van der Waals surface area contributed by atoms with Crippen molar-refractivity contribution < 1.29 is 22.6 Å². The van der Waals surface area contributed by atoms with Gasteiger partial charge in [0.05, 0.1) is 28.2 Å². The predicted octanol–water partition coefficient (Wildman–Crippen LogP) is 5.83. The summed E-state index contributed by atoms with van der Waals surface area (Å²) in [5.41, 5.74) is 0.882. The molecule has 0 bridgehead atoms. The average molecular weight is 840 g/mol. The number of pyridine rings is 1. The third-order valence-electron chi connectivity index (χ3n) is 12.4. The maximum atomic E-state index is 13.2. The molecule has 324 valence electrons. The summed E-state index contributed by atoms with van der Waals surface area (Å²) in [5.74, 6) is 1.34. The molecule has 3 N–H and O–H groups in total. The number of hydrogen-bond donors (Lipinski definition) is 3. The van der Waals surface area contributed by atoms with Crippen molar-refractivity contribution in [3.05, 3.63) is 58.0 Å². The Labute approximate surface area is 349 Å². The van der Waals surface area contributed by atoms with Crippen LogP contribution in [-0.4, -0.2) is 122 Å². The van der Waals surface area contributed by atoms with Gasteiger partial charge in [0.25, 0.3) is 12.0 Å². The molecule has 2 unspecified atom stereocenters. The quantitative estimate of drug-likeness (QED) is 0.214. The van der Waals surface area contributed by atoms with E-state index in [1.807, 2.05) is 30.3 Å². The number of nitrogens with one attached hydrogen (secondary N) is 3. The Morgan fingerprint density at radius 1 is 0.881 bits per heavy atom. The van der Waals surface area contributed by atoms with E-state index in [0.29, 0.717) is 49.1 Å². The number of nitrogens with zero attached hydrogens (tertiary/aromatic N) is 6. The van der Waals surface area contributed by atoms with Crippen LogP contribution in [-0.2, 0) is 20.6 Å². The number of likely N-dealkylation sites (tertiary alicyclic amines) is 1. The average Bonchev–Trinajstić information content (AvgIpc) is 3.75. The van der Waals surface area contributed by atoms with Gasteiger partial charge in [0.1, 0.15) is 5.65 Å². The molecule has 1 saturated carbocycles. The fraction of sp³-hybridized carbons (Fsp3) is 0.651. The van der Waals surface area contributed by atoms with E-state index >= 15 is 0 Å². The number of alkyl halides is 2. The minimum Gasteiger partial charge on any atom is -0.369 e. The summed E-state index contributed by atoms with van der Waals surface area (Å²) in [4.78, 5) is 54.1. The highest BCUT2D eigenvalue weighted by Gasteiger charge is 2.30. The standard InChI is InChI=1S/C35H45F2N9O4S.C6H12.C2H6/c36-31(37)29-21-24-22-38-35(42-32(24)41-34(29)49)39-25-7-13-46(14-8-25)51(50)20-19-43-11-9-27(10-12-43)45-17-15-44(16-18-45)26-3-1-23(2-4-26)28-5-6-30(47)40-33(28)48;1-6-4-2-3-5-6;1-2/h1-4,21-22,25,27-28,31H,5-20H2,(H,40,47,48)(H2,38,39,41,42,49);6H,2-5H2,1H3;1-2H3. The summed E-state index contributed by atoms with van der Waals surface area (Å²) in [6, 6.07) is 10.0. The third kappa shape index (κ3) is 12.1. The molecule has 1 aliphatic carbocycles. The van der Waals surface area contributed by atoms with Crippen molar-refractivity contribution in [2.75, 3.05) is 74.9 Å². The molecule has 13 nitrogen and oxygen atoms in total. The summed E-state index contributed by atoms with van der Waals surface area (Å²) in [5, 5.41) is 6.07. The smallest absolute Gasteiger partial charge is 0.269 e. The van der Waals surface area contributed by atoms with E-state index in [0.717, 1.165) is 89.0 Å². The van der Waals surface area contributed by atoms with E-state index in [-0.39, 0.29) is 29.4 Å². The number of carbonyl (C=O) groups is 2. The predicted molar refractivity (Wildman–Crippen MR) is 230 cm³/mol. The van der Waals surface area contributed by atoms with Crippen LogP contribution in [0.2, 0.25) is 0 Å². The molecule has 3 aromatic rings. The number of H-pyrrole nitrogens is 1. The first-order valence-corrected chi connectivity index (χ1v) is 23.1. The van der Waals surface area contributed by atoms with Crippen molar-refractivity contribution in [1.29, 1.82) is 0 Å². The number of carbonyl (C=O) groups excluding carboxylic acids is 2. The van der Waals surface area contributed by atoms with Gasteiger partial charge in [-0.25, -0.2) is 22.3 Å². The minimum atomic E-state index is -2.87. The normalized spacial score (nSPS) is 22.4. The first-order chi connectivity index (χ1) is 28.6. The van der Waals surface area contributed by atoms with Gasteiger partial charge in [-0.1, -0.05) is 58.6 Å². The van der Waals surface area contributed by atoms with Gasteiger partial charge in [0.2, 0.25) is 17.8 Å². The molecule has 4 saturated heterocycles. The largest absolute Gasteiger partial charge is 0.369 e. The van der Waals surface area contributed by atoms with Gasteiger partial charge in [-0.05, 0) is 74.9 Å². The number of rotatable bonds is 10. The van der Waals surface area contributed by atoms with Crippen molar-refractivity contribution in [2.45, 2.75) is 109 Å². The van der Waals surface area contributed by atoms with Crippen molar-refractivity contribution in [1.82, 2.24) is 34.4 Å². The van der Waals surface area contributed by atoms with E-state index < -0.39 is 28.5 Å². The number of anilines is 2. The SMILES string of the molecule is CC.CC1CCCC1.O=C1CCC(c2ccc(N3CCN(C4CCN(CCS(=O)N5CCC(Nc6ncc7cc(C(F)F)c(=O)[nH]c7n6)CC5)CC4)CC3)cc2)C(=O)N1. The lowest BCUT2D eigenvalue weighted by atomic mass is 9.90. The van der Waals surface area contributed by atoms with Gasteiger partial charge in [-0.2, -0.15) is 4.98 Å². The number of amides is 2. The summed E-state index contributed by atoms with van der Waals surface area (Å²) >= 11 is 0. The number of imide groups is 1. The maximum absolute atomic E-state index is 13.2. The number of piperazine rings is 1. The van der Waals surface area contributed by atoms with E-state index in [2.05, 4.69) is 59.3 Å². The molecule has 5 fully saturated rings. The lowest BCUT2D eigenvalue weighted by molar-refractivity contribution is -0.134. The van der Waals surface area contributed by atoms with Crippen LogP contribution in [0.25, 0.3) is 11.0 Å². The zero-order chi connectivity index (χ0) is 41.9. The molecule has 59 heavy (non-hydrogen) atoms. The Bertz CT molecular complexity index is 1910. The maximum Gasteiger partial charge on any atom is 0.269 e. The van der Waals surface area contributed by atoms with Crippen LogP contribution in [0.3, 0.4) is 0 Å². The number of hydrogen-bond acceptors (Lipinski definition) is 10. The molecule has 2 aromatic heterocycles. The summed E-state index contributed by atoms with van der Waals surface area (Å²) in [7, 11) is -1.06. The summed E-state index contributed by atoms with van der Waals surface area (Å²) in [6.45, 7) is 14.5. The summed E-state index contributed by atoms with van der Waals surface area (Å²) < 4.78 is 41.3. The van der Waals surface area contributed by atoms with Crippen LogP contribution in [0.15, 0.2) is 41.3 Å². The Morgan fingerprint density at radius 3 is 2.17 bits per heavy atom. The second-order valence-corrected chi connectivity index (χ2v) is 17.9.